The van der Waals surface area contributed by atoms with Crippen LogP contribution >= 0.6 is 0 Å². The number of carbonyl (C=O) groups excluding carboxylic acids is 1. The molecule has 0 aromatic carbocycles. The van der Waals surface area contributed by atoms with Gasteiger partial charge in [0, 0.05) is 19.1 Å². The molecule has 2 atom stereocenters. The summed E-state index contributed by atoms with van der Waals surface area (Å²) in [6, 6.07) is 0. The molecule has 4 heteroatoms. The van der Waals surface area contributed by atoms with Crippen LogP contribution in [0, 0.1) is 5.41 Å². The van der Waals surface area contributed by atoms with E-state index in [-0.39, 0.29) is 24.0 Å². The van der Waals surface area contributed by atoms with E-state index in [2.05, 4.69) is 5.32 Å². The van der Waals surface area contributed by atoms with E-state index in [9.17, 15) is 9.90 Å². The zero-order valence-electron chi connectivity index (χ0n) is 9.58. The first-order chi connectivity index (χ1) is 7.08. The maximum Gasteiger partial charge on any atom is 0.246 e. The first-order valence-electron chi connectivity index (χ1n) is 5.52. The van der Waals surface area contributed by atoms with Crippen LogP contribution in [0.4, 0.5) is 0 Å². The fourth-order valence-corrected chi connectivity index (χ4v) is 2.07. The SMILES string of the molecule is COCC(=O)NC[C@]1(C)CCCC[C@H]1O. The molecule has 1 aliphatic rings. The standard InChI is InChI=1S/C11H21NO3/c1-11(6-4-3-5-9(11)13)8-12-10(14)7-15-2/h9,13H,3-8H2,1-2H3,(H,12,14)/t9-,11+/m1/s1. The number of methoxy groups -OCH3 is 1. The number of ether oxygens (including phenoxy) is 1. The smallest absolute Gasteiger partial charge is 0.246 e. The summed E-state index contributed by atoms with van der Waals surface area (Å²) in [5, 5.41) is 12.7. The van der Waals surface area contributed by atoms with E-state index in [1.807, 2.05) is 6.92 Å². The lowest BCUT2D eigenvalue weighted by Gasteiger charge is -2.38. The van der Waals surface area contributed by atoms with Crippen LogP contribution in [-0.2, 0) is 9.53 Å². The van der Waals surface area contributed by atoms with E-state index >= 15 is 0 Å². The first-order valence-corrected chi connectivity index (χ1v) is 5.52. The maximum absolute atomic E-state index is 11.2. The zero-order valence-corrected chi connectivity index (χ0v) is 9.58. The Balaban J connectivity index is 2.37. The molecule has 0 aliphatic heterocycles. The van der Waals surface area contributed by atoms with E-state index in [0.717, 1.165) is 25.7 Å². The highest BCUT2D eigenvalue weighted by Gasteiger charge is 2.35. The van der Waals surface area contributed by atoms with E-state index in [0.29, 0.717) is 6.54 Å². The van der Waals surface area contributed by atoms with Gasteiger partial charge in [0.15, 0.2) is 0 Å². The number of aliphatic hydroxyl groups excluding tert-OH is 1. The van der Waals surface area contributed by atoms with Gasteiger partial charge in [-0.25, -0.2) is 0 Å². The van der Waals surface area contributed by atoms with Crippen molar-refractivity contribution in [1.82, 2.24) is 5.32 Å². The van der Waals surface area contributed by atoms with Crippen LogP contribution < -0.4 is 5.32 Å². The lowest BCUT2D eigenvalue weighted by Crippen LogP contribution is -2.45. The number of hydrogen-bond acceptors (Lipinski definition) is 3. The highest BCUT2D eigenvalue weighted by molar-refractivity contribution is 5.77. The zero-order chi connectivity index (χ0) is 11.3. The Bertz CT molecular complexity index is 220. The summed E-state index contributed by atoms with van der Waals surface area (Å²) in [5.41, 5.74) is -0.165. The largest absolute Gasteiger partial charge is 0.392 e. The minimum absolute atomic E-state index is 0.0895. The van der Waals surface area contributed by atoms with Crippen molar-refractivity contribution in [3.63, 3.8) is 0 Å². The number of carbonyl (C=O) groups is 1. The maximum atomic E-state index is 11.2. The van der Waals surface area contributed by atoms with Crippen molar-refractivity contribution in [3.05, 3.63) is 0 Å². The molecular weight excluding hydrogens is 194 g/mol. The van der Waals surface area contributed by atoms with Gasteiger partial charge in [0.2, 0.25) is 5.91 Å². The summed E-state index contributed by atoms with van der Waals surface area (Å²) in [5.74, 6) is -0.114. The summed E-state index contributed by atoms with van der Waals surface area (Å²) in [7, 11) is 1.50. The fourth-order valence-electron chi connectivity index (χ4n) is 2.07. The molecule has 4 nitrogen and oxygen atoms in total. The molecule has 88 valence electrons. The molecule has 1 aliphatic carbocycles. The molecule has 0 unspecified atom stereocenters. The third-order valence-corrected chi connectivity index (χ3v) is 3.24. The van der Waals surface area contributed by atoms with Gasteiger partial charge in [-0.2, -0.15) is 0 Å². The Morgan fingerprint density at radius 3 is 2.93 bits per heavy atom. The highest BCUT2D eigenvalue weighted by atomic mass is 16.5. The van der Waals surface area contributed by atoms with Crippen LogP contribution in [-0.4, -0.2) is 37.4 Å². The average molecular weight is 215 g/mol. The Kier molecular flexibility index (Phi) is 4.54. The second kappa shape index (κ2) is 5.47. The molecule has 0 radical (unpaired) electrons. The number of amides is 1. The van der Waals surface area contributed by atoms with Crippen LogP contribution in [0.3, 0.4) is 0 Å². The van der Waals surface area contributed by atoms with Crippen molar-refractivity contribution in [3.8, 4) is 0 Å². The second-order valence-corrected chi connectivity index (χ2v) is 4.63. The van der Waals surface area contributed by atoms with Gasteiger partial charge in [-0.3, -0.25) is 4.79 Å². The number of rotatable bonds is 4. The summed E-state index contributed by atoms with van der Waals surface area (Å²) < 4.78 is 4.73. The molecule has 0 bridgehead atoms. The summed E-state index contributed by atoms with van der Waals surface area (Å²) in [6.45, 7) is 2.66. The molecule has 0 saturated heterocycles. The van der Waals surface area contributed by atoms with E-state index in [4.69, 9.17) is 4.74 Å². The highest BCUT2D eigenvalue weighted by Crippen LogP contribution is 2.35. The van der Waals surface area contributed by atoms with Crippen LogP contribution in [0.5, 0.6) is 0 Å². The molecule has 15 heavy (non-hydrogen) atoms. The Hall–Kier alpha value is -0.610. The van der Waals surface area contributed by atoms with Crippen LogP contribution in [0.15, 0.2) is 0 Å². The summed E-state index contributed by atoms with van der Waals surface area (Å²) in [4.78, 5) is 11.2. The third kappa shape index (κ3) is 3.47. The van der Waals surface area contributed by atoms with Gasteiger partial charge < -0.3 is 15.2 Å². The van der Waals surface area contributed by atoms with Crippen molar-refractivity contribution in [2.75, 3.05) is 20.3 Å². The Morgan fingerprint density at radius 2 is 2.33 bits per heavy atom. The van der Waals surface area contributed by atoms with Crippen molar-refractivity contribution in [1.29, 1.82) is 0 Å². The lowest BCUT2D eigenvalue weighted by molar-refractivity contribution is -0.125. The minimum atomic E-state index is -0.297. The van der Waals surface area contributed by atoms with Crippen LogP contribution in [0.25, 0.3) is 0 Å². The Morgan fingerprint density at radius 1 is 1.60 bits per heavy atom. The van der Waals surface area contributed by atoms with E-state index in [1.165, 1.54) is 7.11 Å². The first kappa shape index (κ1) is 12.5. The van der Waals surface area contributed by atoms with Crippen molar-refractivity contribution in [2.45, 2.75) is 38.7 Å². The molecule has 1 amide bonds. The van der Waals surface area contributed by atoms with Gasteiger partial charge in [-0.1, -0.05) is 19.8 Å². The second-order valence-electron chi connectivity index (χ2n) is 4.63. The molecule has 1 rings (SSSR count). The average Bonchev–Trinajstić information content (AvgIpc) is 2.21. The fraction of sp³-hybridized carbons (Fsp3) is 0.909. The predicted molar refractivity (Wildman–Crippen MR) is 57.5 cm³/mol. The van der Waals surface area contributed by atoms with Crippen molar-refractivity contribution < 1.29 is 14.6 Å². The predicted octanol–water partition coefficient (Wildman–Crippen LogP) is 0.690. The number of hydrogen-bond donors (Lipinski definition) is 2. The van der Waals surface area contributed by atoms with Crippen molar-refractivity contribution in [2.24, 2.45) is 5.41 Å². The molecular formula is C11H21NO3. The van der Waals surface area contributed by atoms with Gasteiger partial charge in [0.05, 0.1) is 6.10 Å². The molecule has 0 aromatic rings. The normalized spacial score (nSPS) is 31.3. The van der Waals surface area contributed by atoms with Gasteiger partial charge >= 0.3 is 0 Å². The molecule has 2 N–H and O–H groups in total. The van der Waals surface area contributed by atoms with E-state index in [1.54, 1.807) is 0 Å². The van der Waals surface area contributed by atoms with Crippen LogP contribution in [0.1, 0.15) is 32.6 Å². The third-order valence-electron chi connectivity index (χ3n) is 3.24. The molecule has 0 aromatic heterocycles. The van der Waals surface area contributed by atoms with Gasteiger partial charge in [0.25, 0.3) is 0 Å². The lowest BCUT2D eigenvalue weighted by atomic mass is 9.73. The van der Waals surface area contributed by atoms with Gasteiger partial charge in [0.1, 0.15) is 6.61 Å². The van der Waals surface area contributed by atoms with Crippen LogP contribution in [0.2, 0.25) is 0 Å². The molecule has 1 saturated carbocycles. The van der Waals surface area contributed by atoms with Gasteiger partial charge in [-0.05, 0) is 12.8 Å². The number of nitrogens with one attached hydrogen (secondary N) is 1. The molecule has 0 heterocycles. The number of aliphatic hydroxyl groups is 1. The monoisotopic (exact) mass is 215 g/mol. The Labute approximate surface area is 91.0 Å². The quantitative estimate of drug-likeness (QED) is 0.725. The molecule has 1 fully saturated rings. The van der Waals surface area contributed by atoms with Gasteiger partial charge in [-0.15, -0.1) is 0 Å². The molecule has 0 spiro atoms. The van der Waals surface area contributed by atoms with E-state index < -0.39 is 0 Å². The minimum Gasteiger partial charge on any atom is -0.392 e. The summed E-state index contributed by atoms with van der Waals surface area (Å²) in [6.07, 6.45) is 3.74. The summed E-state index contributed by atoms with van der Waals surface area (Å²) >= 11 is 0. The topological polar surface area (TPSA) is 58.6 Å². The van der Waals surface area contributed by atoms with Crippen molar-refractivity contribution >= 4 is 5.91 Å².